The Hall–Kier alpha value is -1.08. The molecule has 4 nitrogen and oxygen atoms in total. The topological polar surface area (TPSA) is 47.3 Å². The number of nitrogens with one attached hydrogen (secondary N) is 1. The van der Waals surface area contributed by atoms with Crippen molar-refractivity contribution in [1.82, 2.24) is 10.3 Å². The average molecular weight is 358 g/mol. The Labute approximate surface area is 120 Å². The fourth-order valence-corrected chi connectivity index (χ4v) is 1.87. The van der Waals surface area contributed by atoms with E-state index in [4.69, 9.17) is 9.15 Å². The lowest BCUT2D eigenvalue weighted by Gasteiger charge is -2.04. The van der Waals surface area contributed by atoms with Crippen molar-refractivity contribution >= 4 is 22.6 Å². The van der Waals surface area contributed by atoms with Gasteiger partial charge >= 0.3 is 6.08 Å². The molecule has 0 aliphatic heterocycles. The van der Waals surface area contributed by atoms with Gasteiger partial charge < -0.3 is 14.5 Å². The highest BCUT2D eigenvalue weighted by atomic mass is 127. The molecule has 0 saturated carbocycles. The van der Waals surface area contributed by atoms with Crippen molar-refractivity contribution in [3.05, 3.63) is 39.8 Å². The van der Waals surface area contributed by atoms with Gasteiger partial charge in [-0.2, -0.15) is 4.98 Å². The molecule has 18 heavy (non-hydrogen) atoms. The van der Waals surface area contributed by atoms with Crippen LogP contribution in [0.3, 0.4) is 0 Å². The van der Waals surface area contributed by atoms with E-state index in [0.29, 0.717) is 12.6 Å². The van der Waals surface area contributed by atoms with E-state index in [1.54, 1.807) is 6.26 Å². The van der Waals surface area contributed by atoms with Crippen LogP contribution >= 0.6 is 22.6 Å². The second-order valence-corrected chi connectivity index (χ2v) is 5.45. The molecule has 0 unspecified atom stereocenters. The molecule has 0 aliphatic carbocycles. The summed E-state index contributed by atoms with van der Waals surface area (Å²) in [7, 11) is 0. The maximum atomic E-state index is 5.54. The fraction of sp³-hybridized carbons (Fsp3) is 0.308. The molecule has 0 atom stereocenters. The van der Waals surface area contributed by atoms with Crippen molar-refractivity contribution in [2.24, 2.45) is 0 Å². The van der Waals surface area contributed by atoms with Crippen LogP contribution in [-0.4, -0.2) is 11.0 Å². The number of halogens is 1. The smallest absolute Gasteiger partial charge is 0.399 e. The van der Waals surface area contributed by atoms with Crippen LogP contribution in [0, 0.1) is 3.57 Å². The molecule has 0 radical (unpaired) electrons. The van der Waals surface area contributed by atoms with E-state index in [9.17, 15) is 0 Å². The van der Waals surface area contributed by atoms with Gasteiger partial charge in [-0.1, -0.05) is 19.9 Å². The maximum Gasteiger partial charge on any atom is 0.399 e. The normalized spacial score (nSPS) is 10.9. The lowest BCUT2D eigenvalue weighted by Crippen LogP contribution is -2.21. The van der Waals surface area contributed by atoms with Crippen LogP contribution in [0.5, 0.6) is 11.8 Å². The quantitative estimate of drug-likeness (QED) is 0.831. The summed E-state index contributed by atoms with van der Waals surface area (Å²) in [5, 5.41) is 3.27. The molecule has 0 saturated heterocycles. The van der Waals surface area contributed by atoms with Crippen LogP contribution in [0.1, 0.15) is 19.5 Å². The van der Waals surface area contributed by atoms with E-state index in [2.05, 4.69) is 46.7 Å². The number of aromatic nitrogens is 1. The van der Waals surface area contributed by atoms with Crippen molar-refractivity contribution in [3.63, 3.8) is 0 Å². The summed E-state index contributed by atoms with van der Waals surface area (Å²) < 4.78 is 11.9. The molecule has 1 aromatic carbocycles. The summed E-state index contributed by atoms with van der Waals surface area (Å²) >= 11 is 2.23. The van der Waals surface area contributed by atoms with Gasteiger partial charge in [0.2, 0.25) is 0 Å². The summed E-state index contributed by atoms with van der Waals surface area (Å²) in [6, 6.07) is 8.15. The van der Waals surface area contributed by atoms with Crippen molar-refractivity contribution in [3.8, 4) is 11.8 Å². The van der Waals surface area contributed by atoms with Crippen LogP contribution in [-0.2, 0) is 6.54 Å². The van der Waals surface area contributed by atoms with E-state index in [1.165, 1.54) is 0 Å². The highest BCUT2D eigenvalue weighted by Crippen LogP contribution is 2.22. The molecule has 0 bridgehead atoms. The lowest BCUT2D eigenvalue weighted by molar-refractivity contribution is 0.330. The van der Waals surface area contributed by atoms with Gasteiger partial charge in [-0.15, -0.1) is 0 Å². The number of benzene rings is 1. The summed E-state index contributed by atoms with van der Waals surface area (Å²) in [6.07, 6.45) is 1.89. The monoisotopic (exact) mass is 358 g/mol. The minimum absolute atomic E-state index is 0.276. The fourth-order valence-electron chi connectivity index (χ4n) is 1.36. The van der Waals surface area contributed by atoms with Crippen molar-refractivity contribution in [1.29, 1.82) is 0 Å². The second kappa shape index (κ2) is 6.19. The first kappa shape index (κ1) is 13.4. The summed E-state index contributed by atoms with van der Waals surface area (Å²) in [6.45, 7) is 4.85. The van der Waals surface area contributed by atoms with Gasteiger partial charge in [-0.05, 0) is 40.8 Å². The zero-order valence-electron chi connectivity index (χ0n) is 10.3. The van der Waals surface area contributed by atoms with Crippen molar-refractivity contribution in [2.75, 3.05) is 0 Å². The first-order valence-electron chi connectivity index (χ1n) is 5.74. The molecule has 1 heterocycles. The first-order valence-corrected chi connectivity index (χ1v) is 6.82. The van der Waals surface area contributed by atoms with Crippen molar-refractivity contribution in [2.45, 2.75) is 26.4 Å². The Bertz CT molecular complexity index is 511. The largest absolute Gasteiger partial charge is 0.417 e. The standard InChI is InChI=1S/C13H15IN2O2/c1-9(2)15-7-11-8-17-13(16-11)18-12-5-3-4-10(14)6-12/h3-6,8-9,15H,7H2,1-2H3. The van der Waals surface area contributed by atoms with Gasteiger partial charge in [0.1, 0.15) is 12.0 Å². The summed E-state index contributed by atoms with van der Waals surface area (Å²) in [5.41, 5.74) is 0.837. The van der Waals surface area contributed by atoms with Crippen LogP contribution in [0.2, 0.25) is 0 Å². The number of rotatable bonds is 5. The van der Waals surface area contributed by atoms with Gasteiger partial charge in [-0.25, -0.2) is 0 Å². The van der Waals surface area contributed by atoms with Gasteiger partial charge in [0.15, 0.2) is 0 Å². The third-order valence-corrected chi connectivity index (χ3v) is 2.89. The molecule has 0 aliphatic rings. The number of hydrogen-bond donors (Lipinski definition) is 1. The maximum absolute atomic E-state index is 5.54. The number of oxazole rings is 1. The van der Waals surface area contributed by atoms with Gasteiger partial charge in [0.25, 0.3) is 0 Å². The Kier molecular flexibility index (Phi) is 4.60. The van der Waals surface area contributed by atoms with Crippen molar-refractivity contribution < 1.29 is 9.15 Å². The van der Waals surface area contributed by atoms with E-state index < -0.39 is 0 Å². The average Bonchev–Trinajstić information content (AvgIpc) is 2.74. The molecule has 1 N–H and O–H groups in total. The number of ether oxygens (including phenoxy) is 1. The van der Waals surface area contributed by atoms with E-state index in [0.717, 1.165) is 15.0 Å². The van der Waals surface area contributed by atoms with Crippen LogP contribution in [0.25, 0.3) is 0 Å². The predicted molar refractivity (Wildman–Crippen MR) is 77.7 cm³/mol. The van der Waals surface area contributed by atoms with Crippen LogP contribution < -0.4 is 10.1 Å². The van der Waals surface area contributed by atoms with E-state index >= 15 is 0 Å². The molecule has 5 heteroatoms. The van der Waals surface area contributed by atoms with Crippen LogP contribution in [0.4, 0.5) is 0 Å². The SMILES string of the molecule is CC(C)NCc1coc(Oc2cccc(I)c2)n1. The highest BCUT2D eigenvalue weighted by molar-refractivity contribution is 14.1. The molecule has 2 aromatic rings. The second-order valence-electron chi connectivity index (χ2n) is 4.20. The highest BCUT2D eigenvalue weighted by Gasteiger charge is 2.06. The number of nitrogens with zero attached hydrogens (tertiary/aromatic N) is 1. The summed E-state index contributed by atoms with van der Waals surface area (Å²) in [4.78, 5) is 4.25. The molecule has 0 spiro atoms. The Morgan fingerprint density at radius 1 is 1.44 bits per heavy atom. The van der Waals surface area contributed by atoms with Crippen LogP contribution in [0.15, 0.2) is 34.9 Å². The Morgan fingerprint density at radius 3 is 3.00 bits per heavy atom. The third-order valence-electron chi connectivity index (χ3n) is 2.22. The predicted octanol–water partition coefficient (Wildman–Crippen LogP) is 3.57. The molecular weight excluding hydrogens is 343 g/mol. The zero-order chi connectivity index (χ0) is 13.0. The first-order chi connectivity index (χ1) is 8.63. The zero-order valence-corrected chi connectivity index (χ0v) is 12.5. The molecule has 0 amide bonds. The molecular formula is C13H15IN2O2. The third kappa shape index (κ3) is 3.99. The van der Waals surface area contributed by atoms with E-state index in [1.807, 2.05) is 24.3 Å². The molecule has 1 aromatic heterocycles. The van der Waals surface area contributed by atoms with Gasteiger partial charge in [0.05, 0.1) is 5.69 Å². The molecule has 2 rings (SSSR count). The number of hydrogen-bond acceptors (Lipinski definition) is 4. The summed E-state index contributed by atoms with van der Waals surface area (Å²) in [5.74, 6) is 0.729. The minimum Gasteiger partial charge on any atom is -0.417 e. The lowest BCUT2D eigenvalue weighted by atomic mass is 10.3. The van der Waals surface area contributed by atoms with Gasteiger partial charge in [0, 0.05) is 16.2 Å². The minimum atomic E-state index is 0.276. The van der Waals surface area contributed by atoms with E-state index in [-0.39, 0.29) is 6.08 Å². The Balaban J connectivity index is 1.98. The van der Waals surface area contributed by atoms with Gasteiger partial charge in [-0.3, -0.25) is 0 Å². The Morgan fingerprint density at radius 2 is 2.28 bits per heavy atom. The molecule has 0 fully saturated rings. The molecule has 96 valence electrons.